The maximum absolute atomic E-state index is 10.7. The second kappa shape index (κ2) is 3.97. The molecule has 0 fully saturated rings. The number of carbonyl (C=O) groups excluding carboxylic acids is 2. The van der Waals surface area contributed by atoms with Crippen LogP contribution in [0.1, 0.15) is 13.8 Å². The lowest BCUT2D eigenvalue weighted by Gasteiger charge is -2.08. The minimum atomic E-state index is -4.03. The van der Waals surface area contributed by atoms with Crippen LogP contribution in [0, 0.1) is 0 Å². The molecule has 1 N–H and O–H groups in total. The Balaban J connectivity index is 4.58. The van der Waals surface area contributed by atoms with Crippen molar-refractivity contribution in [2.24, 2.45) is 0 Å². The largest absolute Gasteiger partial charge is 0.298 e. The number of Topliss-reactive ketones (excluding diaryl/α,β-unsaturated/α-hetero) is 2. The van der Waals surface area contributed by atoms with E-state index in [0.717, 1.165) is 13.8 Å². The highest BCUT2D eigenvalue weighted by Crippen LogP contribution is 1.96. The van der Waals surface area contributed by atoms with Crippen molar-refractivity contribution in [2.45, 2.75) is 19.9 Å². The Labute approximate surface area is 74.6 Å². The van der Waals surface area contributed by atoms with Crippen molar-refractivity contribution in [1.29, 1.82) is 0 Å². The zero-order valence-electron chi connectivity index (χ0n) is 6.50. The summed E-state index contributed by atoms with van der Waals surface area (Å²) in [5, 5.41) is 0. The first-order valence-electron chi connectivity index (χ1n) is 2.97. The lowest BCUT2D eigenvalue weighted by Crippen LogP contribution is -2.42. The van der Waals surface area contributed by atoms with Crippen LogP contribution in [0.25, 0.3) is 0 Å². The third kappa shape index (κ3) is 4.42. The van der Waals surface area contributed by atoms with E-state index in [1.165, 1.54) is 0 Å². The molecule has 0 spiro atoms. The van der Waals surface area contributed by atoms with Gasteiger partial charge in [-0.25, -0.2) is 0 Å². The summed E-state index contributed by atoms with van der Waals surface area (Å²) in [5.41, 5.74) is 0. The van der Waals surface area contributed by atoms with Gasteiger partial charge in [-0.3, -0.25) is 9.59 Å². The highest BCUT2D eigenvalue weighted by molar-refractivity contribution is 8.12. The maximum atomic E-state index is 10.7. The normalized spacial score (nSPS) is 11.7. The van der Waals surface area contributed by atoms with Gasteiger partial charge in [-0.1, -0.05) is 0 Å². The van der Waals surface area contributed by atoms with Gasteiger partial charge in [0.1, 0.15) is 6.04 Å². The summed E-state index contributed by atoms with van der Waals surface area (Å²) in [6.45, 7) is 2.20. The average molecular weight is 214 g/mol. The molecule has 0 rings (SSSR count). The van der Waals surface area contributed by atoms with Gasteiger partial charge in [0.05, 0.1) is 0 Å². The quantitative estimate of drug-likeness (QED) is 0.509. The molecular formula is C5H8ClNO4S. The zero-order chi connectivity index (χ0) is 9.94. The van der Waals surface area contributed by atoms with Crippen LogP contribution in [-0.2, 0) is 18.8 Å². The molecule has 7 heteroatoms. The highest BCUT2D eigenvalue weighted by atomic mass is 35.7. The second-order valence-corrected chi connectivity index (χ2v) is 4.54. The number of ketones is 2. The number of hydrogen-bond donors (Lipinski definition) is 1. The third-order valence-electron chi connectivity index (χ3n) is 1.07. The molecule has 0 aliphatic carbocycles. The van der Waals surface area contributed by atoms with Crippen molar-refractivity contribution >= 4 is 31.5 Å². The molecule has 0 heterocycles. The number of carbonyl (C=O) groups is 2. The average Bonchev–Trinajstić information content (AvgIpc) is 1.79. The van der Waals surface area contributed by atoms with Crippen molar-refractivity contribution in [2.75, 3.05) is 0 Å². The SMILES string of the molecule is CC(=O)C(NS(=O)(=O)Cl)C(C)=O. The molecule has 0 radical (unpaired) electrons. The third-order valence-corrected chi connectivity index (χ3v) is 1.86. The van der Waals surface area contributed by atoms with E-state index in [-0.39, 0.29) is 0 Å². The van der Waals surface area contributed by atoms with Gasteiger partial charge >= 0.3 is 0 Å². The molecule has 70 valence electrons. The molecule has 0 aromatic rings. The van der Waals surface area contributed by atoms with Gasteiger partial charge in [-0.15, -0.1) is 0 Å². The van der Waals surface area contributed by atoms with Crippen LogP contribution < -0.4 is 4.72 Å². The van der Waals surface area contributed by atoms with Crippen LogP contribution in [0.2, 0.25) is 0 Å². The van der Waals surface area contributed by atoms with Gasteiger partial charge in [0.2, 0.25) is 0 Å². The number of halogens is 1. The van der Waals surface area contributed by atoms with E-state index >= 15 is 0 Å². The van der Waals surface area contributed by atoms with Crippen LogP contribution in [0.3, 0.4) is 0 Å². The number of nitrogens with one attached hydrogen (secondary N) is 1. The fourth-order valence-electron chi connectivity index (χ4n) is 0.593. The summed E-state index contributed by atoms with van der Waals surface area (Å²) in [6.07, 6.45) is 0. The number of hydrogen-bond acceptors (Lipinski definition) is 4. The lowest BCUT2D eigenvalue weighted by atomic mass is 10.1. The van der Waals surface area contributed by atoms with Crippen LogP contribution in [-0.4, -0.2) is 26.0 Å². The van der Waals surface area contributed by atoms with Crippen LogP contribution in [0.15, 0.2) is 0 Å². The molecule has 0 atom stereocenters. The molecule has 5 nitrogen and oxygen atoms in total. The van der Waals surface area contributed by atoms with Gasteiger partial charge in [0, 0.05) is 10.7 Å². The summed E-state index contributed by atoms with van der Waals surface area (Å²) in [5.74, 6) is -1.18. The molecule has 0 aromatic heterocycles. The first kappa shape index (κ1) is 11.5. The van der Waals surface area contributed by atoms with Crippen LogP contribution in [0.4, 0.5) is 0 Å². The molecule has 0 aliphatic heterocycles. The van der Waals surface area contributed by atoms with Crippen molar-refractivity contribution in [3.8, 4) is 0 Å². The van der Waals surface area contributed by atoms with Crippen molar-refractivity contribution in [1.82, 2.24) is 4.72 Å². The summed E-state index contributed by atoms with van der Waals surface area (Å²) >= 11 is 0. The van der Waals surface area contributed by atoms with Gasteiger partial charge in [0.25, 0.3) is 9.24 Å². The Bertz CT molecular complexity index is 283. The van der Waals surface area contributed by atoms with E-state index in [1.54, 1.807) is 4.72 Å². The molecular weight excluding hydrogens is 206 g/mol. The fourth-order valence-corrected chi connectivity index (χ4v) is 1.47. The Kier molecular flexibility index (Phi) is 3.82. The predicted molar refractivity (Wildman–Crippen MR) is 43.1 cm³/mol. The molecule has 0 aliphatic rings. The smallest absolute Gasteiger partial charge is 0.298 e. The first-order chi connectivity index (χ1) is 5.24. The molecule has 0 saturated carbocycles. The predicted octanol–water partition coefficient (Wildman–Crippen LogP) is -0.394. The first-order valence-corrected chi connectivity index (χ1v) is 5.28. The lowest BCUT2D eigenvalue weighted by molar-refractivity contribution is -0.127. The summed E-state index contributed by atoms with van der Waals surface area (Å²) in [4.78, 5) is 21.3. The van der Waals surface area contributed by atoms with E-state index < -0.39 is 26.8 Å². The Morgan fingerprint density at radius 2 is 1.58 bits per heavy atom. The minimum absolute atomic E-state index is 0.591. The van der Waals surface area contributed by atoms with Crippen LogP contribution in [0.5, 0.6) is 0 Å². The van der Waals surface area contributed by atoms with E-state index in [9.17, 15) is 18.0 Å². The van der Waals surface area contributed by atoms with Gasteiger partial charge < -0.3 is 0 Å². The van der Waals surface area contributed by atoms with E-state index in [1.807, 2.05) is 0 Å². The van der Waals surface area contributed by atoms with E-state index in [4.69, 9.17) is 10.7 Å². The molecule has 0 unspecified atom stereocenters. The van der Waals surface area contributed by atoms with Gasteiger partial charge in [-0.2, -0.15) is 13.1 Å². The molecule has 0 bridgehead atoms. The standard InChI is InChI=1S/C5H8ClNO4S/c1-3(8)5(4(2)9)7-12(6,10)11/h5,7H,1-2H3. The minimum Gasteiger partial charge on any atom is -0.298 e. The maximum Gasteiger partial charge on any atom is 0.298 e. The van der Waals surface area contributed by atoms with Crippen molar-refractivity contribution in [3.05, 3.63) is 0 Å². The summed E-state index contributed by atoms with van der Waals surface area (Å²) in [6, 6.07) is -1.37. The Morgan fingerprint density at radius 3 is 1.67 bits per heavy atom. The molecule has 12 heavy (non-hydrogen) atoms. The second-order valence-electron chi connectivity index (χ2n) is 2.21. The van der Waals surface area contributed by atoms with Crippen molar-refractivity contribution < 1.29 is 18.0 Å². The van der Waals surface area contributed by atoms with E-state index in [0.29, 0.717) is 0 Å². The zero-order valence-corrected chi connectivity index (χ0v) is 8.07. The summed E-state index contributed by atoms with van der Waals surface area (Å²) < 4.78 is 22.5. The number of rotatable bonds is 4. The monoisotopic (exact) mass is 213 g/mol. The molecule has 0 aromatic carbocycles. The molecule has 0 saturated heterocycles. The van der Waals surface area contributed by atoms with E-state index in [2.05, 4.69) is 0 Å². The van der Waals surface area contributed by atoms with Gasteiger partial charge in [0.15, 0.2) is 11.6 Å². The summed E-state index contributed by atoms with van der Waals surface area (Å²) in [7, 11) is 0.740. The van der Waals surface area contributed by atoms with Gasteiger partial charge in [-0.05, 0) is 13.8 Å². The Hall–Kier alpha value is -0.460. The van der Waals surface area contributed by atoms with Crippen LogP contribution >= 0.6 is 10.7 Å². The Morgan fingerprint density at radius 1 is 1.25 bits per heavy atom. The topological polar surface area (TPSA) is 80.3 Å². The fraction of sp³-hybridized carbons (Fsp3) is 0.600. The molecule has 0 amide bonds. The van der Waals surface area contributed by atoms with Crippen molar-refractivity contribution in [3.63, 3.8) is 0 Å². The highest BCUT2D eigenvalue weighted by Gasteiger charge is 2.23.